The molecule has 35 heavy (non-hydrogen) atoms. The minimum atomic E-state index is -0.615. The third kappa shape index (κ3) is 5.33. The van der Waals surface area contributed by atoms with Crippen LogP contribution in [0.1, 0.15) is 23.8 Å². The first-order chi connectivity index (χ1) is 16.7. The highest BCUT2D eigenvalue weighted by molar-refractivity contribution is 8.18. The molecule has 2 aromatic carbocycles. The van der Waals surface area contributed by atoms with Crippen LogP contribution in [0.3, 0.4) is 0 Å². The standard InChI is InChI=1S/C25H21N3O6S/c1-3-16-5-7-17(8-6-16)26-23(29)14-27-24(30)22(35-25(27)31)13-18-9-11-21(34-18)19-10-4-15(2)12-20(19)28(32)33/h4-13H,3,14H2,1-2H3,(H,26,29)/b22-13+. The van der Waals surface area contributed by atoms with Gasteiger partial charge in [0.1, 0.15) is 18.1 Å². The van der Waals surface area contributed by atoms with E-state index in [0.717, 1.165) is 22.4 Å². The van der Waals surface area contributed by atoms with Gasteiger partial charge in [-0.05, 0) is 66.6 Å². The molecule has 1 N–H and O–H groups in total. The highest BCUT2D eigenvalue weighted by Crippen LogP contribution is 2.35. The highest BCUT2D eigenvalue weighted by atomic mass is 32.2. The Kier molecular flexibility index (Phi) is 6.83. The second kappa shape index (κ2) is 9.98. The predicted octanol–water partition coefficient (Wildman–Crippen LogP) is 5.40. The molecule has 1 aliphatic rings. The van der Waals surface area contributed by atoms with E-state index in [1.807, 2.05) is 19.1 Å². The highest BCUT2D eigenvalue weighted by Gasteiger charge is 2.36. The maximum absolute atomic E-state index is 12.8. The second-order valence-electron chi connectivity index (χ2n) is 7.85. The summed E-state index contributed by atoms with van der Waals surface area (Å²) in [6.45, 7) is 3.36. The van der Waals surface area contributed by atoms with E-state index >= 15 is 0 Å². The summed E-state index contributed by atoms with van der Waals surface area (Å²) in [7, 11) is 0. The van der Waals surface area contributed by atoms with Gasteiger partial charge in [-0.3, -0.25) is 29.4 Å². The maximum atomic E-state index is 12.8. The Labute approximate surface area is 204 Å². The van der Waals surface area contributed by atoms with Crippen molar-refractivity contribution in [3.8, 4) is 11.3 Å². The van der Waals surface area contributed by atoms with Crippen LogP contribution in [-0.2, 0) is 16.0 Å². The number of rotatable bonds is 7. The second-order valence-corrected chi connectivity index (χ2v) is 8.84. The van der Waals surface area contributed by atoms with Crippen molar-refractivity contribution >= 4 is 46.3 Å². The fourth-order valence-electron chi connectivity index (χ4n) is 3.51. The first-order valence-electron chi connectivity index (χ1n) is 10.7. The maximum Gasteiger partial charge on any atom is 0.294 e. The van der Waals surface area contributed by atoms with Gasteiger partial charge in [-0.25, -0.2) is 0 Å². The topological polar surface area (TPSA) is 123 Å². The first-order valence-corrected chi connectivity index (χ1v) is 11.6. The van der Waals surface area contributed by atoms with Crippen LogP contribution in [0.2, 0.25) is 0 Å². The number of aryl methyl sites for hydroxylation is 2. The molecule has 0 unspecified atom stereocenters. The van der Waals surface area contributed by atoms with Crippen LogP contribution in [0.15, 0.2) is 63.9 Å². The quantitative estimate of drug-likeness (QED) is 0.267. The zero-order valence-corrected chi connectivity index (χ0v) is 19.8. The van der Waals surface area contributed by atoms with Crippen molar-refractivity contribution in [2.24, 2.45) is 0 Å². The van der Waals surface area contributed by atoms with Gasteiger partial charge in [0.25, 0.3) is 16.8 Å². The molecular formula is C25H21N3O6S. The van der Waals surface area contributed by atoms with Gasteiger partial charge in [0.15, 0.2) is 0 Å². The predicted molar refractivity (Wildman–Crippen MR) is 133 cm³/mol. The van der Waals surface area contributed by atoms with Crippen LogP contribution in [0.25, 0.3) is 17.4 Å². The van der Waals surface area contributed by atoms with E-state index in [9.17, 15) is 24.5 Å². The molecule has 178 valence electrons. The summed E-state index contributed by atoms with van der Waals surface area (Å²) in [6.07, 6.45) is 2.26. The number of anilines is 1. The van der Waals surface area contributed by atoms with Gasteiger partial charge in [-0.15, -0.1) is 0 Å². The number of nitrogens with zero attached hydrogens (tertiary/aromatic N) is 2. The molecule has 3 amide bonds. The largest absolute Gasteiger partial charge is 0.456 e. The lowest BCUT2D eigenvalue weighted by atomic mass is 10.1. The van der Waals surface area contributed by atoms with E-state index in [0.29, 0.717) is 23.0 Å². The van der Waals surface area contributed by atoms with E-state index in [2.05, 4.69) is 5.32 Å². The van der Waals surface area contributed by atoms with E-state index in [-0.39, 0.29) is 22.1 Å². The molecule has 10 heteroatoms. The molecule has 0 atom stereocenters. The molecule has 0 bridgehead atoms. The molecule has 0 radical (unpaired) electrons. The van der Waals surface area contributed by atoms with Gasteiger partial charge in [0.2, 0.25) is 5.91 Å². The number of nitro benzene ring substituents is 1. The van der Waals surface area contributed by atoms with Crippen molar-refractivity contribution in [3.05, 3.63) is 86.5 Å². The van der Waals surface area contributed by atoms with Crippen LogP contribution in [0.4, 0.5) is 16.2 Å². The zero-order chi connectivity index (χ0) is 25.1. The van der Waals surface area contributed by atoms with Crippen LogP contribution < -0.4 is 5.32 Å². The fraction of sp³-hybridized carbons (Fsp3) is 0.160. The van der Waals surface area contributed by atoms with E-state index < -0.39 is 28.5 Å². The number of amides is 3. The fourth-order valence-corrected chi connectivity index (χ4v) is 4.33. The number of carbonyl (C=O) groups is 3. The van der Waals surface area contributed by atoms with Gasteiger partial charge < -0.3 is 9.73 Å². The van der Waals surface area contributed by atoms with E-state index in [4.69, 9.17) is 4.42 Å². The van der Waals surface area contributed by atoms with Gasteiger partial charge in [-0.2, -0.15) is 0 Å². The molecule has 1 saturated heterocycles. The number of imide groups is 1. The molecule has 1 fully saturated rings. The van der Waals surface area contributed by atoms with Crippen LogP contribution in [0.5, 0.6) is 0 Å². The lowest BCUT2D eigenvalue weighted by Crippen LogP contribution is -2.36. The number of benzene rings is 2. The third-order valence-electron chi connectivity index (χ3n) is 5.34. The number of carbonyl (C=O) groups excluding carboxylic acids is 3. The average Bonchev–Trinajstić information content (AvgIpc) is 3.39. The lowest BCUT2D eigenvalue weighted by Gasteiger charge is -2.12. The van der Waals surface area contributed by atoms with Crippen molar-refractivity contribution in [3.63, 3.8) is 0 Å². The number of nitro groups is 1. The van der Waals surface area contributed by atoms with E-state index in [1.165, 1.54) is 12.1 Å². The average molecular weight is 492 g/mol. The molecule has 1 aromatic heterocycles. The van der Waals surface area contributed by atoms with Gasteiger partial charge in [0.05, 0.1) is 15.4 Å². The molecule has 1 aliphatic heterocycles. The number of furan rings is 1. The summed E-state index contributed by atoms with van der Waals surface area (Å²) in [5.74, 6) is -0.600. The van der Waals surface area contributed by atoms with Crippen molar-refractivity contribution in [2.45, 2.75) is 20.3 Å². The molecule has 0 saturated carbocycles. The summed E-state index contributed by atoms with van der Waals surface area (Å²) < 4.78 is 5.70. The molecule has 4 rings (SSSR count). The molecule has 3 aromatic rings. The summed E-state index contributed by atoms with van der Waals surface area (Å²) >= 11 is 0.695. The minimum absolute atomic E-state index is 0.0920. The summed E-state index contributed by atoms with van der Waals surface area (Å²) in [4.78, 5) is 49.4. The van der Waals surface area contributed by atoms with Crippen molar-refractivity contribution in [1.29, 1.82) is 0 Å². The monoisotopic (exact) mass is 491 g/mol. The minimum Gasteiger partial charge on any atom is -0.456 e. The number of nitrogens with one attached hydrogen (secondary N) is 1. The SMILES string of the molecule is CCc1ccc(NC(=O)CN2C(=O)S/C(=C/c3ccc(-c4ccc(C)cc4[N+](=O)[O-])o3)C2=O)cc1. The van der Waals surface area contributed by atoms with E-state index in [1.54, 1.807) is 43.3 Å². The zero-order valence-electron chi connectivity index (χ0n) is 18.9. The van der Waals surface area contributed by atoms with Crippen LogP contribution in [0, 0.1) is 17.0 Å². The third-order valence-corrected chi connectivity index (χ3v) is 6.24. The van der Waals surface area contributed by atoms with Crippen molar-refractivity contribution in [1.82, 2.24) is 4.90 Å². The Morgan fingerprint density at radius 2 is 1.89 bits per heavy atom. The number of hydrogen-bond donors (Lipinski definition) is 1. The first kappa shape index (κ1) is 24.0. The Morgan fingerprint density at radius 3 is 2.57 bits per heavy atom. The molecule has 0 spiro atoms. The Balaban J connectivity index is 1.47. The summed E-state index contributed by atoms with van der Waals surface area (Å²) in [5.41, 5.74) is 2.64. The van der Waals surface area contributed by atoms with Gasteiger partial charge >= 0.3 is 0 Å². The van der Waals surface area contributed by atoms with Crippen LogP contribution >= 0.6 is 11.8 Å². The van der Waals surface area contributed by atoms with Gasteiger partial charge in [0, 0.05) is 17.8 Å². The van der Waals surface area contributed by atoms with Crippen LogP contribution in [-0.4, -0.2) is 33.4 Å². The van der Waals surface area contributed by atoms with Crippen molar-refractivity contribution in [2.75, 3.05) is 11.9 Å². The Hall–Kier alpha value is -4.18. The smallest absolute Gasteiger partial charge is 0.294 e. The molecule has 0 aliphatic carbocycles. The molecule has 9 nitrogen and oxygen atoms in total. The summed E-state index contributed by atoms with van der Waals surface area (Å²) in [5, 5.41) is 13.5. The number of hydrogen-bond acceptors (Lipinski definition) is 7. The van der Waals surface area contributed by atoms with Gasteiger partial charge in [-0.1, -0.05) is 25.1 Å². The normalized spacial score (nSPS) is 14.6. The Morgan fingerprint density at radius 1 is 1.14 bits per heavy atom. The van der Waals surface area contributed by atoms with Crippen molar-refractivity contribution < 1.29 is 23.7 Å². The summed E-state index contributed by atoms with van der Waals surface area (Å²) in [6, 6.07) is 15.2. The lowest BCUT2D eigenvalue weighted by molar-refractivity contribution is -0.384. The molecule has 2 heterocycles. The Bertz CT molecular complexity index is 1360. The number of thioether (sulfide) groups is 1. The molecular weight excluding hydrogens is 470 g/mol.